The minimum Gasteiger partial charge on any atom is -0.490 e. The van der Waals surface area contributed by atoms with Crippen LogP contribution < -0.4 is 10.5 Å². The first-order valence-corrected chi connectivity index (χ1v) is 8.21. The largest absolute Gasteiger partial charge is 0.490 e. The van der Waals surface area contributed by atoms with E-state index in [0.29, 0.717) is 17.9 Å². The van der Waals surface area contributed by atoms with Crippen LogP contribution in [-0.4, -0.2) is 12.6 Å². The fraction of sp³-hybridized carbons (Fsp3) is 0.667. The summed E-state index contributed by atoms with van der Waals surface area (Å²) in [4.78, 5) is 0. The first kappa shape index (κ1) is 15.4. The second kappa shape index (κ2) is 7.68. The lowest BCUT2D eigenvalue weighted by Gasteiger charge is -2.27. The Balaban J connectivity index is 2.15. The molecule has 1 aromatic carbocycles. The molecule has 0 radical (unpaired) electrons. The summed E-state index contributed by atoms with van der Waals surface area (Å²) >= 11 is 0. The lowest BCUT2D eigenvalue weighted by molar-refractivity contribution is 0.128. The van der Waals surface area contributed by atoms with E-state index in [1.54, 1.807) is 0 Å². The summed E-state index contributed by atoms with van der Waals surface area (Å²) in [6, 6.07) is 8.52. The number of benzene rings is 1. The van der Waals surface area contributed by atoms with Crippen LogP contribution in [0.15, 0.2) is 24.3 Å². The van der Waals surface area contributed by atoms with Crippen LogP contribution >= 0.6 is 0 Å². The Bertz CT molecular complexity index is 404. The fourth-order valence-corrected chi connectivity index (χ4v) is 3.15. The highest BCUT2D eigenvalue weighted by Gasteiger charge is 2.25. The molecule has 1 aromatic rings. The maximum Gasteiger partial charge on any atom is 0.123 e. The van der Waals surface area contributed by atoms with Crippen molar-refractivity contribution in [2.45, 2.75) is 64.4 Å². The van der Waals surface area contributed by atoms with Gasteiger partial charge in [0.05, 0.1) is 0 Å². The van der Waals surface area contributed by atoms with Gasteiger partial charge in [-0.1, -0.05) is 44.9 Å². The number of ether oxygens (including phenoxy) is 1. The molecule has 0 aliphatic heterocycles. The molecule has 2 N–H and O–H groups in total. The van der Waals surface area contributed by atoms with Crippen molar-refractivity contribution in [1.82, 2.24) is 0 Å². The van der Waals surface area contributed by atoms with Crippen molar-refractivity contribution < 1.29 is 4.74 Å². The number of para-hydroxylation sites is 1. The van der Waals surface area contributed by atoms with E-state index in [9.17, 15) is 0 Å². The third-order valence-corrected chi connectivity index (χ3v) is 4.73. The molecule has 20 heavy (non-hydrogen) atoms. The Kier molecular flexibility index (Phi) is 5.90. The smallest absolute Gasteiger partial charge is 0.123 e. The van der Waals surface area contributed by atoms with Crippen LogP contribution in [0.4, 0.5) is 0 Å². The predicted octanol–water partition coefficient (Wildman–Crippen LogP) is 4.49. The average molecular weight is 275 g/mol. The van der Waals surface area contributed by atoms with Crippen LogP contribution in [0.1, 0.15) is 63.9 Å². The van der Waals surface area contributed by atoms with Crippen LogP contribution in [0.25, 0.3) is 0 Å². The predicted molar refractivity (Wildman–Crippen MR) is 85.2 cm³/mol. The molecular weight excluding hydrogens is 246 g/mol. The van der Waals surface area contributed by atoms with E-state index in [-0.39, 0.29) is 0 Å². The quantitative estimate of drug-likeness (QED) is 0.804. The highest BCUT2D eigenvalue weighted by molar-refractivity contribution is 5.36. The average Bonchev–Trinajstić information content (AvgIpc) is 2.72. The van der Waals surface area contributed by atoms with E-state index in [2.05, 4.69) is 38.1 Å². The van der Waals surface area contributed by atoms with Gasteiger partial charge in [-0.05, 0) is 49.8 Å². The van der Waals surface area contributed by atoms with Crippen molar-refractivity contribution in [2.24, 2.45) is 11.7 Å². The van der Waals surface area contributed by atoms with Crippen molar-refractivity contribution in [3.8, 4) is 5.75 Å². The summed E-state index contributed by atoms with van der Waals surface area (Å²) in [6.07, 6.45) is 7.70. The third kappa shape index (κ3) is 3.76. The Labute approximate surface area is 123 Å². The molecular formula is C18H29NO. The molecule has 1 aliphatic rings. The van der Waals surface area contributed by atoms with Gasteiger partial charge in [-0.25, -0.2) is 0 Å². The van der Waals surface area contributed by atoms with Gasteiger partial charge in [0.15, 0.2) is 0 Å². The van der Waals surface area contributed by atoms with Crippen molar-refractivity contribution in [3.63, 3.8) is 0 Å². The van der Waals surface area contributed by atoms with Gasteiger partial charge in [-0.2, -0.15) is 0 Å². The molecule has 2 nitrogen and oxygen atoms in total. The minimum atomic E-state index is 0.299. The van der Waals surface area contributed by atoms with E-state index in [1.807, 2.05) is 0 Å². The standard InChI is InChI=1S/C18H29NO/c1-3-14(2)16-10-7-8-12-18(16)20-17-11-6-4-5-9-15(17)13-19/h7-8,10,12,14-15,17H,3-6,9,11,13,19H2,1-2H3. The van der Waals surface area contributed by atoms with Crippen molar-refractivity contribution in [1.29, 1.82) is 0 Å². The van der Waals surface area contributed by atoms with Crippen molar-refractivity contribution in [2.75, 3.05) is 6.54 Å². The second-order valence-electron chi connectivity index (χ2n) is 6.14. The van der Waals surface area contributed by atoms with Gasteiger partial charge in [-0.15, -0.1) is 0 Å². The molecule has 0 bridgehead atoms. The first-order chi connectivity index (χ1) is 9.76. The van der Waals surface area contributed by atoms with Crippen LogP contribution in [0, 0.1) is 5.92 Å². The molecule has 1 aliphatic carbocycles. The lowest BCUT2D eigenvalue weighted by atomic mass is 9.95. The molecule has 0 spiro atoms. The number of rotatable bonds is 5. The number of hydrogen-bond acceptors (Lipinski definition) is 2. The van der Waals surface area contributed by atoms with Gasteiger partial charge in [-0.3, -0.25) is 0 Å². The summed E-state index contributed by atoms with van der Waals surface area (Å²) in [5.74, 6) is 2.14. The van der Waals surface area contributed by atoms with E-state index >= 15 is 0 Å². The molecule has 0 heterocycles. The van der Waals surface area contributed by atoms with Gasteiger partial charge in [0.1, 0.15) is 11.9 Å². The SMILES string of the molecule is CCC(C)c1ccccc1OC1CCCCCC1CN. The van der Waals surface area contributed by atoms with Gasteiger partial charge < -0.3 is 10.5 Å². The molecule has 2 rings (SSSR count). The van der Waals surface area contributed by atoms with E-state index in [1.165, 1.54) is 31.2 Å². The molecule has 0 amide bonds. The van der Waals surface area contributed by atoms with Crippen LogP contribution in [0.3, 0.4) is 0 Å². The summed E-state index contributed by atoms with van der Waals surface area (Å²) in [5.41, 5.74) is 7.30. The van der Waals surface area contributed by atoms with Gasteiger partial charge >= 0.3 is 0 Å². The second-order valence-corrected chi connectivity index (χ2v) is 6.14. The summed E-state index contributed by atoms with van der Waals surface area (Å²) in [6.45, 7) is 5.25. The molecule has 0 aromatic heterocycles. The van der Waals surface area contributed by atoms with Crippen LogP contribution in [0.5, 0.6) is 5.75 Å². The van der Waals surface area contributed by atoms with Gasteiger partial charge in [0, 0.05) is 5.92 Å². The zero-order chi connectivity index (χ0) is 14.4. The normalized spacial score (nSPS) is 24.9. The Morgan fingerprint density at radius 3 is 2.70 bits per heavy atom. The fourth-order valence-electron chi connectivity index (χ4n) is 3.15. The van der Waals surface area contributed by atoms with E-state index in [4.69, 9.17) is 10.5 Å². The molecule has 3 atom stereocenters. The highest BCUT2D eigenvalue weighted by atomic mass is 16.5. The summed E-state index contributed by atoms with van der Waals surface area (Å²) < 4.78 is 6.41. The number of hydrogen-bond donors (Lipinski definition) is 1. The maximum absolute atomic E-state index is 6.41. The monoisotopic (exact) mass is 275 g/mol. The number of nitrogens with two attached hydrogens (primary N) is 1. The lowest BCUT2D eigenvalue weighted by Crippen LogP contribution is -2.32. The molecule has 3 unspecified atom stereocenters. The van der Waals surface area contributed by atoms with Gasteiger partial charge in [0.25, 0.3) is 0 Å². The Morgan fingerprint density at radius 2 is 1.95 bits per heavy atom. The topological polar surface area (TPSA) is 35.2 Å². The molecule has 0 saturated heterocycles. The maximum atomic E-state index is 6.41. The van der Waals surface area contributed by atoms with Gasteiger partial charge in [0.2, 0.25) is 0 Å². The zero-order valence-corrected chi connectivity index (χ0v) is 13.0. The molecule has 112 valence electrons. The minimum absolute atomic E-state index is 0.299. The summed E-state index contributed by atoms with van der Waals surface area (Å²) in [7, 11) is 0. The molecule has 1 fully saturated rings. The van der Waals surface area contributed by atoms with E-state index < -0.39 is 0 Å². The third-order valence-electron chi connectivity index (χ3n) is 4.73. The first-order valence-electron chi connectivity index (χ1n) is 8.21. The molecule has 2 heteroatoms. The van der Waals surface area contributed by atoms with Crippen LogP contribution in [-0.2, 0) is 0 Å². The zero-order valence-electron chi connectivity index (χ0n) is 13.0. The summed E-state index contributed by atoms with van der Waals surface area (Å²) in [5, 5.41) is 0. The van der Waals surface area contributed by atoms with E-state index in [0.717, 1.165) is 25.1 Å². The molecule has 1 saturated carbocycles. The highest BCUT2D eigenvalue weighted by Crippen LogP contribution is 2.32. The van der Waals surface area contributed by atoms with Crippen molar-refractivity contribution in [3.05, 3.63) is 29.8 Å². The Hall–Kier alpha value is -1.02. The van der Waals surface area contributed by atoms with Crippen LogP contribution in [0.2, 0.25) is 0 Å². The Morgan fingerprint density at radius 1 is 1.20 bits per heavy atom. The van der Waals surface area contributed by atoms with Crippen molar-refractivity contribution >= 4 is 0 Å².